The van der Waals surface area contributed by atoms with Gasteiger partial charge in [0, 0.05) is 77.7 Å². The van der Waals surface area contributed by atoms with E-state index in [1.54, 1.807) is 30.8 Å². The van der Waals surface area contributed by atoms with Gasteiger partial charge in [-0.3, -0.25) is 33.6 Å². The Labute approximate surface area is 404 Å². The first-order valence-corrected chi connectivity index (χ1v) is 25.2. The highest BCUT2D eigenvalue weighted by molar-refractivity contribution is 9.09. The zero-order chi connectivity index (χ0) is 49.8. The number of alkyl halides is 1. The molecule has 372 valence electrons. The fourth-order valence-electron chi connectivity index (χ4n) is 9.65. The standard InChI is InChI=1S/C52H82BrN3O10/c1-13-35(6)49(55(10)51(62)40(33(2)3)30-44(59)48(34(4)5)54(9)46(60)26-20-15-14-19-25-42(57)36(7)32-53)45(65-11)31-47(61)56-27-21-24-41(56)50(66-12)37(8)43(58)29-39(52(63)64)28-38-22-17-16-18-23-38/h16-18,22-23,33-35,37,39-41,45,48-50H,7,13-15,19-21,24-32H2,1-6,8-12H3,(H,63,64)/t35-,37-,39+,40-,41-,45+,48-,49-,50+/m0/s1. The van der Waals surface area contributed by atoms with Crippen molar-refractivity contribution in [1.29, 1.82) is 0 Å². The molecule has 0 aromatic heterocycles. The molecule has 1 aliphatic rings. The molecule has 0 saturated carbocycles. The van der Waals surface area contributed by atoms with Crippen LogP contribution in [0.1, 0.15) is 131 Å². The number of halogens is 1. The molecular weight excluding hydrogens is 906 g/mol. The molecule has 1 saturated heterocycles. The van der Waals surface area contributed by atoms with Gasteiger partial charge in [0.1, 0.15) is 5.78 Å². The second-order valence-corrected chi connectivity index (χ2v) is 19.8. The smallest absolute Gasteiger partial charge is 0.307 e. The first-order valence-electron chi connectivity index (χ1n) is 24.1. The van der Waals surface area contributed by atoms with Crippen molar-refractivity contribution in [3.05, 3.63) is 48.0 Å². The van der Waals surface area contributed by atoms with E-state index in [0.717, 1.165) is 24.8 Å². The van der Waals surface area contributed by atoms with E-state index in [1.165, 1.54) is 19.1 Å². The molecule has 0 unspecified atom stereocenters. The lowest BCUT2D eigenvalue weighted by atomic mass is 9.83. The van der Waals surface area contributed by atoms with Gasteiger partial charge in [-0.05, 0) is 61.0 Å². The SMILES string of the molecule is C=C(CBr)C(=O)CCCCCCC(=O)N(C)[C@H](C(=O)C[C@H](C(=O)N(C)[C@@H]([C@@H](C)CC)[C@@H](CC(=O)N1CCC[C@H]1[C@H](OC)[C@@H](C)C(=O)C[C@@H](Cc1ccccc1)C(=O)O)OC)C(C)C)C(C)C. The molecule has 1 N–H and O–H groups in total. The minimum Gasteiger partial charge on any atom is -0.481 e. The van der Waals surface area contributed by atoms with E-state index >= 15 is 0 Å². The molecule has 1 aliphatic heterocycles. The van der Waals surface area contributed by atoms with Crippen molar-refractivity contribution in [1.82, 2.24) is 14.7 Å². The van der Waals surface area contributed by atoms with Gasteiger partial charge >= 0.3 is 5.97 Å². The monoisotopic (exact) mass is 988 g/mol. The normalized spacial score (nSPS) is 17.6. The maximum Gasteiger partial charge on any atom is 0.307 e. The zero-order valence-corrected chi connectivity index (χ0v) is 43.5. The van der Waals surface area contributed by atoms with Gasteiger partial charge < -0.3 is 29.3 Å². The van der Waals surface area contributed by atoms with Crippen LogP contribution in [-0.4, -0.2) is 131 Å². The van der Waals surface area contributed by atoms with Crippen LogP contribution >= 0.6 is 15.9 Å². The number of unbranched alkanes of at least 4 members (excludes halogenated alkanes) is 3. The summed E-state index contributed by atoms with van der Waals surface area (Å²) in [5.41, 5.74) is 1.39. The quantitative estimate of drug-likeness (QED) is 0.0421. The van der Waals surface area contributed by atoms with E-state index in [4.69, 9.17) is 9.47 Å². The molecule has 13 nitrogen and oxygen atoms in total. The Bertz CT molecular complexity index is 1750. The third-order valence-corrected chi connectivity index (χ3v) is 14.6. The first-order chi connectivity index (χ1) is 31.2. The number of hydrogen-bond acceptors (Lipinski definition) is 9. The number of likely N-dealkylation sites (N-methyl/N-ethyl adjacent to an activating group) is 2. The van der Waals surface area contributed by atoms with E-state index in [1.807, 2.05) is 71.9 Å². The molecule has 0 bridgehead atoms. The second-order valence-electron chi connectivity index (χ2n) is 19.3. The topological polar surface area (TPSA) is 168 Å². The van der Waals surface area contributed by atoms with Crippen LogP contribution in [0.4, 0.5) is 0 Å². The fourth-order valence-corrected chi connectivity index (χ4v) is 9.97. The molecule has 1 fully saturated rings. The molecule has 66 heavy (non-hydrogen) atoms. The number of carbonyl (C=O) groups is 7. The van der Waals surface area contributed by atoms with Crippen LogP contribution in [0.3, 0.4) is 0 Å². The number of ketones is 3. The Morgan fingerprint density at radius 2 is 1.45 bits per heavy atom. The maximum absolute atomic E-state index is 14.6. The number of carboxylic acid groups (broad SMARTS) is 1. The summed E-state index contributed by atoms with van der Waals surface area (Å²) in [5, 5.41) is 10.5. The van der Waals surface area contributed by atoms with Gasteiger partial charge in [0.05, 0.1) is 42.7 Å². The van der Waals surface area contributed by atoms with E-state index < -0.39 is 54.1 Å². The Balaban J connectivity index is 2.20. The molecular formula is C52H82BrN3O10. The highest BCUT2D eigenvalue weighted by Crippen LogP contribution is 2.32. The van der Waals surface area contributed by atoms with Gasteiger partial charge in [-0.15, -0.1) is 0 Å². The summed E-state index contributed by atoms with van der Waals surface area (Å²) in [6.45, 7) is 17.6. The molecule has 0 radical (unpaired) electrons. The third kappa shape index (κ3) is 17.1. The molecule has 3 amide bonds. The summed E-state index contributed by atoms with van der Waals surface area (Å²) >= 11 is 3.26. The van der Waals surface area contributed by atoms with Crippen molar-refractivity contribution in [2.24, 2.45) is 35.5 Å². The lowest BCUT2D eigenvalue weighted by molar-refractivity contribution is -0.150. The summed E-state index contributed by atoms with van der Waals surface area (Å²) in [4.78, 5) is 99.5. The van der Waals surface area contributed by atoms with Crippen molar-refractivity contribution in [3.8, 4) is 0 Å². The molecule has 14 heteroatoms. The van der Waals surface area contributed by atoms with E-state index in [0.29, 0.717) is 49.6 Å². The zero-order valence-electron chi connectivity index (χ0n) is 41.9. The number of amides is 3. The summed E-state index contributed by atoms with van der Waals surface area (Å²) < 4.78 is 12.0. The van der Waals surface area contributed by atoms with Gasteiger partial charge in [0.25, 0.3) is 0 Å². The number of methoxy groups -OCH3 is 2. The number of hydrogen-bond donors (Lipinski definition) is 1. The van der Waals surface area contributed by atoms with Gasteiger partial charge in [0.2, 0.25) is 17.7 Å². The number of carbonyl (C=O) groups excluding carboxylic acids is 6. The van der Waals surface area contributed by atoms with Crippen LogP contribution in [0, 0.1) is 35.5 Å². The van der Waals surface area contributed by atoms with Crippen molar-refractivity contribution in [3.63, 3.8) is 0 Å². The predicted octanol–water partition coefficient (Wildman–Crippen LogP) is 8.38. The molecule has 1 heterocycles. The number of aliphatic carboxylic acids is 1. The summed E-state index contributed by atoms with van der Waals surface area (Å²) in [6, 6.07) is 7.58. The van der Waals surface area contributed by atoms with Gasteiger partial charge in [-0.1, -0.05) is 121 Å². The lowest BCUT2D eigenvalue weighted by Crippen LogP contribution is -2.54. The minimum absolute atomic E-state index is 0.0326. The molecule has 9 atom stereocenters. The van der Waals surface area contributed by atoms with Crippen LogP contribution in [0.2, 0.25) is 0 Å². The summed E-state index contributed by atoms with van der Waals surface area (Å²) in [5.74, 6) is -4.71. The van der Waals surface area contributed by atoms with Crippen LogP contribution in [0.5, 0.6) is 0 Å². The van der Waals surface area contributed by atoms with Crippen molar-refractivity contribution < 1.29 is 48.1 Å². The Kier molecular flexibility index (Phi) is 25.8. The lowest BCUT2D eigenvalue weighted by Gasteiger charge is -2.41. The van der Waals surface area contributed by atoms with Crippen molar-refractivity contribution in [2.45, 2.75) is 162 Å². The number of ether oxygens (including phenoxy) is 2. The second kappa shape index (κ2) is 29.2. The van der Waals surface area contributed by atoms with Crippen molar-refractivity contribution in [2.75, 3.05) is 40.2 Å². The average molecular weight is 989 g/mol. The number of nitrogens with zero attached hydrogens (tertiary/aromatic N) is 3. The molecule has 2 rings (SSSR count). The largest absolute Gasteiger partial charge is 0.481 e. The third-order valence-electron chi connectivity index (χ3n) is 13.9. The van der Waals surface area contributed by atoms with E-state index in [2.05, 4.69) is 22.5 Å². The Morgan fingerprint density at radius 3 is 1.98 bits per heavy atom. The summed E-state index contributed by atoms with van der Waals surface area (Å²) in [6.07, 6.45) is 4.32. The van der Waals surface area contributed by atoms with Gasteiger partial charge in [-0.2, -0.15) is 0 Å². The molecule has 1 aromatic carbocycles. The van der Waals surface area contributed by atoms with E-state index in [-0.39, 0.29) is 84.9 Å². The molecule has 0 spiro atoms. The summed E-state index contributed by atoms with van der Waals surface area (Å²) in [7, 11) is 6.43. The van der Waals surface area contributed by atoms with Crippen LogP contribution in [-0.2, 0) is 49.5 Å². The maximum atomic E-state index is 14.6. The number of allylic oxidation sites excluding steroid dienone is 1. The Morgan fingerprint density at radius 1 is 0.833 bits per heavy atom. The Hall–Kier alpha value is -3.75. The van der Waals surface area contributed by atoms with Crippen LogP contribution in [0.25, 0.3) is 0 Å². The average Bonchev–Trinajstić information content (AvgIpc) is 3.77. The van der Waals surface area contributed by atoms with Crippen LogP contribution < -0.4 is 0 Å². The van der Waals surface area contributed by atoms with Crippen LogP contribution in [0.15, 0.2) is 42.5 Å². The molecule has 0 aliphatic carbocycles. The van der Waals surface area contributed by atoms with Gasteiger partial charge in [0.15, 0.2) is 11.6 Å². The number of carboxylic acids is 1. The number of likely N-dealkylation sites (tertiary alicyclic amines) is 1. The number of benzene rings is 1. The van der Waals surface area contributed by atoms with Crippen molar-refractivity contribution >= 4 is 57.0 Å². The minimum atomic E-state index is -1.04. The highest BCUT2D eigenvalue weighted by Gasteiger charge is 2.44. The number of rotatable bonds is 32. The first kappa shape index (κ1) is 58.4. The molecule has 1 aromatic rings. The fraction of sp³-hybridized carbons (Fsp3) is 0.712. The highest BCUT2D eigenvalue weighted by atomic mass is 79.9. The van der Waals surface area contributed by atoms with Gasteiger partial charge in [-0.25, -0.2) is 0 Å². The van der Waals surface area contributed by atoms with E-state index in [9.17, 15) is 38.7 Å². The number of Topliss-reactive ketones (excluding diaryl/α,β-unsaturated/α-hetero) is 3. The predicted molar refractivity (Wildman–Crippen MR) is 262 cm³/mol.